The van der Waals surface area contributed by atoms with Gasteiger partial charge in [-0.1, -0.05) is 36.4 Å². The third-order valence-electron chi connectivity index (χ3n) is 1.98. The lowest BCUT2D eigenvalue weighted by molar-refractivity contribution is 0.0300. The Morgan fingerprint density at radius 1 is 0.846 bits per heavy atom. The van der Waals surface area contributed by atoms with E-state index >= 15 is 0 Å². The fourth-order valence-electron chi connectivity index (χ4n) is 1.38. The van der Waals surface area contributed by atoms with Crippen molar-refractivity contribution in [1.82, 2.24) is 0 Å². The fraction of sp³-hybridized carbons (Fsp3) is 0. The third-order valence-corrected chi connectivity index (χ3v) is 1.98. The summed E-state index contributed by atoms with van der Waals surface area (Å²) in [6.45, 7) is 0. The van der Waals surface area contributed by atoms with Gasteiger partial charge in [-0.3, -0.25) is 10.4 Å². The van der Waals surface area contributed by atoms with E-state index in [0.717, 1.165) is 10.8 Å². The van der Waals surface area contributed by atoms with Gasteiger partial charge in [-0.2, -0.15) is 0 Å². The molecule has 0 aliphatic rings. The monoisotopic (exact) mass is 175 g/mol. The van der Waals surface area contributed by atoms with Crippen LogP contribution in [0.3, 0.4) is 0 Å². The lowest BCUT2D eigenvalue weighted by Gasteiger charge is -2.10. The Hall–Kier alpha value is -1.58. The molecule has 13 heavy (non-hydrogen) atoms. The predicted molar refractivity (Wildman–Crippen MR) is 50.0 cm³/mol. The second-order valence-electron chi connectivity index (χ2n) is 2.79. The largest absolute Gasteiger partial charge is 0.264 e. The van der Waals surface area contributed by atoms with Crippen molar-refractivity contribution in [3.8, 4) is 0 Å². The maximum atomic E-state index is 8.91. The predicted octanol–water partition coefficient (Wildman–Crippen LogP) is 2.42. The minimum Gasteiger partial charge on any atom is -0.264 e. The normalized spacial score (nSPS) is 10.3. The van der Waals surface area contributed by atoms with Gasteiger partial charge >= 0.3 is 0 Å². The van der Waals surface area contributed by atoms with Crippen molar-refractivity contribution in [1.29, 1.82) is 0 Å². The Labute approximate surface area is 75.4 Å². The average Bonchev–Trinajstić information content (AvgIpc) is 2.17. The number of fused-ring (bicyclic) bond motifs is 1. The Morgan fingerprint density at radius 3 is 2.31 bits per heavy atom. The molecule has 0 saturated carbocycles. The molecule has 0 aliphatic carbocycles. The zero-order chi connectivity index (χ0) is 9.26. The molecule has 0 amide bonds. The maximum absolute atomic E-state index is 8.91. The van der Waals surface area contributed by atoms with Crippen LogP contribution in [0.5, 0.6) is 0 Å². The van der Waals surface area contributed by atoms with Gasteiger partial charge in [0.05, 0.1) is 0 Å². The second kappa shape index (κ2) is 3.05. The summed E-state index contributed by atoms with van der Waals surface area (Å²) in [5.74, 6) is 0. The molecule has 2 aromatic rings. The number of anilines is 1. The van der Waals surface area contributed by atoms with Gasteiger partial charge in [0, 0.05) is 5.39 Å². The molecule has 0 atom stereocenters. The van der Waals surface area contributed by atoms with Crippen molar-refractivity contribution in [3.63, 3.8) is 0 Å². The number of nitrogens with zero attached hydrogens (tertiary/aromatic N) is 1. The van der Waals surface area contributed by atoms with Gasteiger partial charge in [0.15, 0.2) is 0 Å². The van der Waals surface area contributed by atoms with Crippen molar-refractivity contribution in [3.05, 3.63) is 42.5 Å². The standard InChI is InChI=1S/C10H9NO2/c12-11(13)10-7-3-5-8-4-1-2-6-9(8)10/h1-7,12-13H. The van der Waals surface area contributed by atoms with Crippen LogP contribution < -0.4 is 5.23 Å². The highest BCUT2D eigenvalue weighted by Gasteiger charge is 2.03. The van der Waals surface area contributed by atoms with E-state index in [1.54, 1.807) is 12.1 Å². The first-order chi connectivity index (χ1) is 6.29. The van der Waals surface area contributed by atoms with Crippen LogP contribution in [0.25, 0.3) is 10.8 Å². The molecule has 0 spiro atoms. The molecule has 0 aromatic heterocycles. The smallest absolute Gasteiger partial charge is 0.102 e. The molecular formula is C10H9NO2. The van der Waals surface area contributed by atoms with Crippen molar-refractivity contribution in [2.24, 2.45) is 0 Å². The van der Waals surface area contributed by atoms with E-state index in [2.05, 4.69) is 0 Å². The first-order valence-corrected chi connectivity index (χ1v) is 3.94. The first-order valence-electron chi connectivity index (χ1n) is 3.94. The molecule has 0 heterocycles. The van der Waals surface area contributed by atoms with Crippen LogP contribution >= 0.6 is 0 Å². The topological polar surface area (TPSA) is 43.7 Å². The quantitative estimate of drug-likeness (QED) is 0.654. The summed E-state index contributed by atoms with van der Waals surface area (Å²) in [5, 5.41) is 19.8. The van der Waals surface area contributed by atoms with Crippen LogP contribution in [0.1, 0.15) is 0 Å². The minimum atomic E-state index is 0.141. The van der Waals surface area contributed by atoms with Gasteiger partial charge in [0.1, 0.15) is 5.69 Å². The molecule has 2 aromatic carbocycles. The summed E-state index contributed by atoms with van der Waals surface area (Å²) in [7, 11) is 0. The minimum absolute atomic E-state index is 0.141. The Bertz CT molecular complexity index is 421. The summed E-state index contributed by atoms with van der Waals surface area (Å²) in [6.07, 6.45) is 0. The number of hydrogen-bond donors (Lipinski definition) is 2. The molecule has 0 fully saturated rings. The van der Waals surface area contributed by atoms with E-state index < -0.39 is 0 Å². The van der Waals surface area contributed by atoms with Crippen molar-refractivity contribution in [2.45, 2.75) is 0 Å². The average molecular weight is 175 g/mol. The van der Waals surface area contributed by atoms with Crippen molar-refractivity contribution in [2.75, 3.05) is 5.23 Å². The summed E-state index contributed by atoms with van der Waals surface area (Å²) in [6, 6.07) is 12.9. The molecule has 3 heteroatoms. The highest BCUT2D eigenvalue weighted by Crippen LogP contribution is 2.24. The lowest BCUT2D eigenvalue weighted by atomic mass is 10.1. The molecule has 0 radical (unpaired) electrons. The van der Waals surface area contributed by atoms with E-state index in [1.165, 1.54) is 0 Å². The van der Waals surface area contributed by atoms with Crippen molar-refractivity contribution < 1.29 is 10.4 Å². The molecule has 3 nitrogen and oxygen atoms in total. The van der Waals surface area contributed by atoms with Gasteiger partial charge in [-0.25, -0.2) is 0 Å². The van der Waals surface area contributed by atoms with Crippen LogP contribution in [-0.4, -0.2) is 10.4 Å². The van der Waals surface area contributed by atoms with Gasteiger partial charge in [-0.15, -0.1) is 5.23 Å². The van der Waals surface area contributed by atoms with E-state index in [4.69, 9.17) is 10.4 Å². The van der Waals surface area contributed by atoms with E-state index in [-0.39, 0.29) is 5.23 Å². The number of hydrogen-bond acceptors (Lipinski definition) is 3. The Morgan fingerprint density at radius 2 is 1.54 bits per heavy atom. The SMILES string of the molecule is ON(O)c1cccc2ccccc12. The van der Waals surface area contributed by atoms with E-state index in [9.17, 15) is 0 Å². The van der Waals surface area contributed by atoms with Crippen LogP contribution in [0.4, 0.5) is 5.69 Å². The van der Waals surface area contributed by atoms with Crippen molar-refractivity contribution >= 4 is 16.5 Å². The van der Waals surface area contributed by atoms with E-state index in [0.29, 0.717) is 5.69 Å². The summed E-state index contributed by atoms with van der Waals surface area (Å²) in [5.41, 5.74) is 0.387. The molecule has 2 N–H and O–H groups in total. The van der Waals surface area contributed by atoms with Gasteiger partial charge in [-0.05, 0) is 11.5 Å². The molecule has 0 aliphatic heterocycles. The maximum Gasteiger partial charge on any atom is 0.102 e. The second-order valence-corrected chi connectivity index (χ2v) is 2.79. The summed E-state index contributed by atoms with van der Waals surface area (Å²) >= 11 is 0. The fourth-order valence-corrected chi connectivity index (χ4v) is 1.38. The molecule has 0 saturated heterocycles. The zero-order valence-electron chi connectivity index (χ0n) is 6.88. The number of benzene rings is 2. The Kier molecular flexibility index (Phi) is 1.88. The third kappa shape index (κ3) is 1.35. The Balaban J connectivity index is 2.76. The molecular weight excluding hydrogens is 166 g/mol. The highest BCUT2D eigenvalue weighted by atomic mass is 16.8. The molecule has 0 unspecified atom stereocenters. The van der Waals surface area contributed by atoms with Gasteiger partial charge < -0.3 is 0 Å². The lowest BCUT2D eigenvalue weighted by Crippen LogP contribution is -2.10. The highest BCUT2D eigenvalue weighted by molar-refractivity contribution is 5.93. The van der Waals surface area contributed by atoms with Gasteiger partial charge in [0.2, 0.25) is 0 Å². The molecule has 0 bridgehead atoms. The van der Waals surface area contributed by atoms with Crippen LogP contribution in [0, 0.1) is 0 Å². The molecule has 66 valence electrons. The van der Waals surface area contributed by atoms with E-state index in [1.807, 2.05) is 30.3 Å². The summed E-state index contributed by atoms with van der Waals surface area (Å²) < 4.78 is 0. The number of rotatable bonds is 1. The molecule has 2 rings (SSSR count). The summed E-state index contributed by atoms with van der Waals surface area (Å²) in [4.78, 5) is 0. The van der Waals surface area contributed by atoms with Crippen LogP contribution in [-0.2, 0) is 0 Å². The zero-order valence-corrected chi connectivity index (χ0v) is 6.88. The first kappa shape index (κ1) is 8.04. The van der Waals surface area contributed by atoms with Gasteiger partial charge in [0.25, 0.3) is 0 Å². The van der Waals surface area contributed by atoms with Crippen LogP contribution in [0.15, 0.2) is 42.5 Å². The van der Waals surface area contributed by atoms with Crippen LogP contribution in [0.2, 0.25) is 0 Å².